The predicted molar refractivity (Wildman–Crippen MR) is 35.4 cm³/mol. The van der Waals surface area contributed by atoms with E-state index in [1.165, 1.54) is 4.90 Å². The Morgan fingerprint density at radius 2 is 2.14 bits per heavy atom. The largest absolute Gasteiger partial charge is 0.665 e. The lowest BCUT2D eigenvalue weighted by Gasteiger charge is -2.30. The zero-order valence-corrected chi connectivity index (χ0v) is 5.29. The molecule has 0 bridgehead atoms. The first kappa shape index (κ1) is 6.89. The zero-order valence-electron chi connectivity index (χ0n) is 4.48. The first-order valence-electron chi connectivity index (χ1n) is 2.12. The van der Waals surface area contributed by atoms with Crippen LogP contribution in [0.15, 0.2) is 0 Å². The third kappa shape index (κ3) is 2.57. The second-order valence-corrected chi connectivity index (χ2v) is 1.76. The van der Waals surface area contributed by atoms with Gasteiger partial charge in [-0.15, -0.1) is 0 Å². The fourth-order valence-corrected chi connectivity index (χ4v) is 0.224. The van der Waals surface area contributed by atoms with Crippen LogP contribution in [-0.2, 0) is 0 Å². The van der Waals surface area contributed by atoms with Crippen LogP contribution in [-0.4, -0.2) is 9.89 Å². The lowest BCUT2D eigenvalue weighted by molar-refractivity contribution is 0.742. The van der Waals surface area contributed by atoms with Gasteiger partial charge in [0.25, 0.3) is 0 Å². The van der Waals surface area contributed by atoms with Gasteiger partial charge in [-0.25, -0.2) is 0 Å². The molecule has 0 rings (SSSR count). The number of hydrogen-bond acceptors (Lipinski definition) is 1. The van der Waals surface area contributed by atoms with E-state index in [1.807, 2.05) is 6.92 Å². The lowest BCUT2D eigenvalue weighted by atomic mass is 10.5. The normalized spacial score (nSPS) is 8.43. The lowest BCUT2D eigenvalue weighted by Crippen LogP contribution is -2.12. The topological polar surface area (TPSA) is 3.24 Å². The third-order valence-corrected chi connectivity index (χ3v) is 1.20. The summed E-state index contributed by atoms with van der Waals surface area (Å²) in [6.45, 7) is 1.98. The van der Waals surface area contributed by atoms with Crippen LogP contribution in [0.3, 0.4) is 0 Å². The smallest absolute Gasteiger partial charge is 0.0200 e. The molecule has 0 amide bonds. The summed E-state index contributed by atoms with van der Waals surface area (Å²) in [5, 5.41) is 0. The fraction of sp³-hybridized carbons (Fsp3) is 0.400. The van der Waals surface area contributed by atoms with Crippen molar-refractivity contribution in [2.24, 2.45) is 0 Å². The Labute approximate surface area is 50.3 Å². The van der Waals surface area contributed by atoms with E-state index in [0.717, 1.165) is 11.4 Å². The highest BCUT2D eigenvalue weighted by Crippen LogP contribution is 1.89. The molecule has 0 radical (unpaired) electrons. The van der Waals surface area contributed by atoms with Crippen LogP contribution >= 0.6 is 12.2 Å². The molecular weight excluding hydrogens is 106 g/mol. The summed E-state index contributed by atoms with van der Waals surface area (Å²) in [6.07, 6.45) is 0.850. The molecule has 0 saturated carbocycles. The second-order valence-electron chi connectivity index (χ2n) is 1.29. The maximum Gasteiger partial charge on any atom is 0.0200 e. The van der Waals surface area contributed by atoms with Crippen molar-refractivity contribution in [3.63, 3.8) is 0 Å². The minimum atomic E-state index is 0.792. The van der Waals surface area contributed by atoms with E-state index < -0.39 is 0 Å². The minimum absolute atomic E-state index is 0.792. The van der Waals surface area contributed by atoms with Crippen LogP contribution < -0.4 is 0 Å². The highest BCUT2D eigenvalue weighted by Gasteiger charge is 1.78. The third-order valence-electron chi connectivity index (χ3n) is 0.655. The summed E-state index contributed by atoms with van der Waals surface area (Å²) in [4.78, 5) is 2.25. The molecule has 0 aromatic carbocycles. The SMILES string of the molecule is [CH2-]N([CH2-])C(=S)CC. The summed E-state index contributed by atoms with van der Waals surface area (Å²) in [5.41, 5.74) is 0. The number of rotatable bonds is 1. The molecule has 42 valence electrons. The summed E-state index contributed by atoms with van der Waals surface area (Å²) < 4.78 is 0. The molecule has 0 heterocycles. The van der Waals surface area contributed by atoms with Crippen LogP contribution in [0.1, 0.15) is 13.3 Å². The van der Waals surface area contributed by atoms with Crippen molar-refractivity contribution < 1.29 is 0 Å². The maximum absolute atomic E-state index is 4.78. The summed E-state index contributed by atoms with van der Waals surface area (Å²) in [7, 11) is 6.98. The maximum atomic E-state index is 4.78. The Morgan fingerprint density at radius 1 is 1.71 bits per heavy atom. The molecule has 0 atom stereocenters. The second kappa shape index (κ2) is 2.97. The first-order chi connectivity index (χ1) is 3.18. The average Bonchev–Trinajstić information content (AvgIpc) is 1.65. The van der Waals surface area contributed by atoms with Crippen molar-refractivity contribution in [1.29, 1.82) is 0 Å². The van der Waals surface area contributed by atoms with Crippen molar-refractivity contribution in [3.8, 4) is 0 Å². The van der Waals surface area contributed by atoms with Crippen LogP contribution in [0.4, 0.5) is 0 Å². The Kier molecular flexibility index (Phi) is 2.92. The van der Waals surface area contributed by atoms with Crippen LogP contribution in [0, 0.1) is 14.1 Å². The molecule has 0 saturated heterocycles. The van der Waals surface area contributed by atoms with Crippen molar-refractivity contribution in [3.05, 3.63) is 14.1 Å². The predicted octanol–water partition coefficient (Wildman–Crippen LogP) is 1.61. The van der Waals surface area contributed by atoms with E-state index in [4.69, 9.17) is 12.2 Å². The van der Waals surface area contributed by atoms with Crippen molar-refractivity contribution in [2.75, 3.05) is 0 Å². The van der Waals surface area contributed by atoms with Gasteiger partial charge in [0.2, 0.25) is 0 Å². The van der Waals surface area contributed by atoms with Crippen LogP contribution in [0.5, 0.6) is 0 Å². The molecule has 0 spiro atoms. The van der Waals surface area contributed by atoms with E-state index in [1.54, 1.807) is 0 Å². The highest BCUT2D eigenvalue weighted by atomic mass is 32.1. The van der Waals surface area contributed by atoms with Gasteiger partial charge >= 0.3 is 0 Å². The van der Waals surface area contributed by atoms with Gasteiger partial charge in [0, 0.05) is 4.99 Å². The summed E-state index contributed by atoms with van der Waals surface area (Å²) in [6, 6.07) is 0. The number of hydrogen-bond donors (Lipinski definition) is 0. The van der Waals surface area contributed by atoms with E-state index in [0.29, 0.717) is 0 Å². The van der Waals surface area contributed by atoms with Gasteiger partial charge in [-0.3, -0.25) is 14.1 Å². The van der Waals surface area contributed by atoms with E-state index in [9.17, 15) is 0 Å². The van der Waals surface area contributed by atoms with Gasteiger partial charge in [0.05, 0.1) is 0 Å². The summed E-state index contributed by atoms with van der Waals surface area (Å²) in [5.74, 6) is 0. The van der Waals surface area contributed by atoms with E-state index in [2.05, 4.69) is 14.1 Å². The van der Waals surface area contributed by atoms with Gasteiger partial charge in [0.1, 0.15) is 0 Å². The Balaban J connectivity index is 3.35. The zero-order chi connectivity index (χ0) is 5.86. The monoisotopic (exact) mass is 115 g/mol. The fourth-order valence-electron chi connectivity index (χ4n) is 0.224. The van der Waals surface area contributed by atoms with Crippen LogP contribution in [0.25, 0.3) is 0 Å². The molecule has 0 unspecified atom stereocenters. The molecule has 0 aliphatic carbocycles. The Morgan fingerprint density at radius 3 is 2.14 bits per heavy atom. The minimum Gasteiger partial charge on any atom is -0.665 e. The van der Waals surface area contributed by atoms with Crippen LogP contribution in [0.2, 0.25) is 0 Å². The van der Waals surface area contributed by atoms with Crippen molar-refractivity contribution in [2.45, 2.75) is 13.3 Å². The molecule has 1 nitrogen and oxygen atoms in total. The molecule has 0 aromatic heterocycles. The molecule has 0 aliphatic heterocycles. The van der Waals surface area contributed by atoms with Crippen molar-refractivity contribution in [1.82, 2.24) is 4.90 Å². The average molecular weight is 115 g/mol. The van der Waals surface area contributed by atoms with Gasteiger partial charge in [-0.05, 0) is 6.42 Å². The number of thiocarbonyl (C=S) groups is 1. The molecule has 0 N–H and O–H groups in total. The first-order valence-corrected chi connectivity index (χ1v) is 2.53. The Bertz CT molecular complexity index is 68.5. The molecule has 0 aliphatic rings. The van der Waals surface area contributed by atoms with Gasteiger partial charge in [0.15, 0.2) is 0 Å². The quantitative estimate of drug-likeness (QED) is 0.377. The Hall–Kier alpha value is -0.110. The van der Waals surface area contributed by atoms with Crippen molar-refractivity contribution >= 4 is 17.2 Å². The molecule has 2 heteroatoms. The van der Waals surface area contributed by atoms with Gasteiger partial charge < -0.3 is 4.90 Å². The molecular formula is C5H9NS-2. The standard InChI is InChI=1S/C5H9NS/c1-4-5(7)6(2)3/h2-4H2,1H3/q-2. The number of nitrogens with zero attached hydrogens (tertiary/aromatic N) is 1. The van der Waals surface area contributed by atoms with E-state index >= 15 is 0 Å². The molecule has 0 fully saturated rings. The molecule has 7 heavy (non-hydrogen) atoms. The molecule has 0 aromatic rings. The van der Waals surface area contributed by atoms with Gasteiger partial charge in [-0.1, -0.05) is 19.1 Å². The highest BCUT2D eigenvalue weighted by molar-refractivity contribution is 7.80. The van der Waals surface area contributed by atoms with Gasteiger partial charge in [-0.2, -0.15) is 0 Å². The van der Waals surface area contributed by atoms with E-state index in [-0.39, 0.29) is 0 Å². The summed E-state index contributed by atoms with van der Waals surface area (Å²) >= 11 is 4.78.